The summed E-state index contributed by atoms with van der Waals surface area (Å²) in [5, 5.41) is 12.9. The van der Waals surface area contributed by atoms with Crippen LogP contribution in [0.1, 0.15) is 25.7 Å². The van der Waals surface area contributed by atoms with Crippen molar-refractivity contribution in [2.75, 3.05) is 26.3 Å². The average Bonchev–Trinajstić information content (AvgIpc) is 2.96. The Morgan fingerprint density at radius 3 is 3.26 bits per heavy atom. The van der Waals surface area contributed by atoms with Gasteiger partial charge in [0.2, 0.25) is 5.88 Å². The van der Waals surface area contributed by atoms with Gasteiger partial charge >= 0.3 is 0 Å². The zero-order valence-electron chi connectivity index (χ0n) is 11.0. The maximum atomic E-state index is 9.72. The van der Waals surface area contributed by atoms with Crippen LogP contribution in [0, 0.1) is 0 Å². The first-order valence-electron chi connectivity index (χ1n) is 6.75. The van der Waals surface area contributed by atoms with Crippen molar-refractivity contribution in [3.63, 3.8) is 0 Å². The first-order valence-corrected chi connectivity index (χ1v) is 7.48. The van der Waals surface area contributed by atoms with Crippen LogP contribution < -0.4 is 10.1 Å². The molecule has 1 aromatic heterocycles. The highest BCUT2D eigenvalue weighted by Crippen LogP contribution is 2.14. The lowest BCUT2D eigenvalue weighted by molar-refractivity contribution is 0.0109. The number of hydrogen-bond donors (Lipinski definition) is 2. The standard InChI is InChI=1S/C12H21N3O3S/c16-10(9-18-12-8-14-19-15-12)7-13-5-4-11-3-1-2-6-17-11/h8,10-11,13,16H,1-7,9H2. The molecule has 1 saturated heterocycles. The van der Waals surface area contributed by atoms with Gasteiger partial charge in [-0.3, -0.25) is 0 Å². The van der Waals surface area contributed by atoms with Crippen LogP contribution in [0.4, 0.5) is 0 Å². The van der Waals surface area contributed by atoms with Gasteiger partial charge in [-0.05, 0) is 32.2 Å². The van der Waals surface area contributed by atoms with Gasteiger partial charge in [0.05, 0.1) is 17.8 Å². The fraction of sp³-hybridized carbons (Fsp3) is 0.833. The molecule has 1 fully saturated rings. The van der Waals surface area contributed by atoms with Crippen molar-refractivity contribution in [1.82, 2.24) is 14.1 Å². The molecule has 0 bridgehead atoms. The fourth-order valence-corrected chi connectivity index (χ4v) is 2.39. The molecule has 0 radical (unpaired) electrons. The summed E-state index contributed by atoms with van der Waals surface area (Å²) in [6, 6.07) is 0. The van der Waals surface area contributed by atoms with E-state index in [4.69, 9.17) is 9.47 Å². The number of aliphatic hydroxyl groups is 1. The molecule has 1 aliphatic rings. The molecule has 6 nitrogen and oxygen atoms in total. The lowest BCUT2D eigenvalue weighted by Gasteiger charge is -2.22. The van der Waals surface area contributed by atoms with Crippen molar-refractivity contribution in [3.8, 4) is 5.88 Å². The van der Waals surface area contributed by atoms with Crippen LogP contribution in [0.15, 0.2) is 6.20 Å². The van der Waals surface area contributed by atoms with E-state index in [0.717, 1.165) is 37.7 Å². The normalized spacial score (nSPS) is 21.2. The number of rotatable bonds is 8. The Kier molecular flexibility index (Phi) is 6.49. The average molecular weight is 287 g/mol. The summed E-state index contributed by atoms with van der Waals surface area (Å²) < 4.78 is 18.6. The molecule has 0 saturated carbocycles. The van der Waals surface area contributed by atoms with Gasteiger partial charge in [-0.2, -0.15) is 4.37 Å². The van der Waals surface area contributed by atoms with Gasteiger partial charge in [0, 0.05) is 13.2 Å². The molecule has 108 valence electrons. The van der Waals surface area contributed by atoms with E-state index >= 15 is 0 Å². The van der Waals surface area contributed by atoms with Gasteiger partial charge in [0.1, 0.15) is 18.9 Å². The highest BCUT2D eigenvalue weighted by Gasteiger charge is 2.13. The molecule has 0 amide bonds. The van der Waals surface area contributed by atoms with E-state index < -0.39 is 6.10 Å². The van der Waals surface area contributed by atoms with Gasteiger partial charge in [0.15, 0.2) is 0 Å². The summed E-state index contributed by atoms with van der Waals surface area (Å²) in [4.78, 5) is 0. The molecule has 0 aromatic carbocycles. The number of aliphatic hydroxyl groups excluding tert-OH is 1. The van der Waals surface area contributed by atoms with E-state index in [1.165, 1.54) is 12.8 Å². The Morgan fingerprint density at radius 2 is 2.53 bits per heavy atom. The topological polar surface area (TPSA) is 76.5 Å². The van der Waals surface area contributed by atoms with Crippen molar-refractivity contribution in [2.24, 2.45) is 0 Å². The van der Waals surface area contributed by atoms with Crippen LogP contribution in [0.2, 0.25) is 0 Å². The van der Waals surface area contributed by atoms with Gasteiger partial charge in [0.25, 0.3) is 0 Å². The lowest BCUT2D eigenvalue weighted by atomic mass is 10.1. The molecule has 2 N–H and O–H groups in total. The lowest BCUT2D eigenvalue weighted by Crippen LogP contribution is -2.33. The monoisotopic (exact) mass is 287 g/mol. The summed E-state index contributed by atoms with van der Waals surface area (Å²) >= 11 is 1.09. The van der Waals surface area contributed by atoms with E-state index in [1.807, 2.05) is 0 Å². The van der Waals surface area contributed by atoms with Crippen LogP contribution in [-0.2, 0) is 4.74 Å². The zero-order chi connectivity index (χ0) is 13.3. The van der Waals surface area contributed by atoms with E-state index in [9.17, 15) is 5.11 Å². The summed E-state index contributed by atoms with van der Waals surface area (Å²) in [5.41, 5.74) is 0. The maximum absolute atomic E-state index is 9.72. The third-order valence-electron chi connectivity index (χ3n) is 3.06. The minimum atomic E-state index is -0.533. The number of ether oxygens (including phenoxy) is 2. The summed E-state index contributed by atoms with van der Waals surface area (Å²) in [6.45, 7) is 2.51. The fourth-order valence-electron chi connectivity index (χ4n) is 2.03. The van der Waals surface area contributed by atoms with Crippen LogP contribution in [0.25, 0.3) is 0 Å². The van der Waals surface area contributed by atoms with E-state index in [2.05, 4.69) is 14.1 Å². The summed E-state index contributed by atoms with van der Waals surface area (Å²) in [7, 11) is 0. The number of hydrogen-bond acceptors (Lipinski definition) is 7. The predicted octanol–water partition coefficient (Wildman–Crippen LogP) is 0.827. The van der Waals surface area contributed by atoms with Crippen LogP contribution in [-0.4, -0.2) is 52.4 Å². The Bertz CT molecular complexity index is 331. The van der Waals surface area contributed by atoms with Crippen LogP contribution in [0.5, 0.6) is 5.88 Å². The smallest absolute Gasteiger partial charge is 0.245 e. The molecule has 2 heterocycles. The first-order chi connectivity index (χ1) is 9.34. The zero-order valence-corrected chi connectivity index (χ0v) is 11.8. The predicted molar refractivity (Wildman–Crippen MR) is 72.5 cm³/mol. The van der Waals surface area contributed by atoms with E-state index in [0.29, 0.717) is 18.5 Å². The molecule has 1 aliphatic heterocycles. The molecule has 2 unspecified atom stereocenters. The SMILES string of the molecule is OC(CNCCC1CCCCO1)COc1cnsn1. The Labute approximate surface area is 117 Å². The molecule has 19 heavy (non-hydrogen) atoms. The Balaban J connectivity index is 1.48. The molecule has 0 aliphatic carbocycles. The minimum Gasteiger partial charge on any atom is -0.473 e. The van der Waals surface area contributed by atoms with Crippen molar-refractivity contribution in [1.29, 1.82) is 0 Å². The molecule has 2 rings (SSSR count). The van der Waals surface area contributed by atoms with Crippen LogP contribution in [0.3, 0.4) is 0 Å². The minimum absolute atomic E-state index is 0.234. The van der Waals surface area contributed by atoms with Crippen molar-refractivity contribution in [2.45, 2.75) is 37.9 Å². The highest BCUT2D eigenvalue weighted by molar-refractivity contribution is 6.99. The summed E-state index contributed by atoms with van der Waals surface area (Å²) in [6.07, 6.45) is 6.01. The van der Waals surface area contributed by atoms with Gasteiger partial charge in [-0.15, -0.1) is 4.37 Å². The van der Waals surface area contributed by atoms with Gasteiger partial charge in [-0.1, -0.05) is 0 Å². The Morgan fingerprint density at radius 1 is 1.58 bits per heavy atom. The number of nitrogens with one attached hydrogen (secondary N) is 1. The van der Waals surface area contributed by atoms with Gasteiger partial charge in [-0.25, -0.2) is 0 Å². The summed E-state index contributed by atoms with van der Waals surface area (Å²) in [5.74, 6) is 0.472. The third-order valence-corrected chi connectivity index (χ3v) is 3.52. The maximum Gasteiger partial charge on any atom is 0.245 e. The molecule has 0 spiro atoms. The van der Waals surface area contributed by atoms with Crippen molar-refractivity contribution >= 4 is 11.7 Å². The van der Waals surface area contributed by atoms with Crippen molar-refractivity contribution in [3.05, 3.63) is 6.20 Å². The quantitative estimate of drug-likeness (QED) is 0.690. The number of nitrogens with zero attached hydrogens (tertiary/aromatic N) is 2. The van der Waals surface area contributed by atoms with E-state index in [-0.39, 0.29) is 6.61 Å². The highest BCUT2D eigenvalue weighted by atomic mass is 32.1. The first kappa shape index (κ1) is 14.6. The molecular formula is C12H21N3O3S. The molecular weight excluding hydrogens is 266 g/mol. The Hall–Kier alpha value is -0.760. The second-order valence-corrected chi connectivity index (χ2v) is 5.25. The third kappa shape index (κ3) is 5.82. The number of aromatic nitrogens is 2. The molecule has 2 atom stereocenters. The molecule has 7 heteroatoms. The second-order valence-electron chi connectivity index (χ2n) is 4.69. The van der Waals surface area contributed by atoms with Crippen molar-refractivity contribution < 1.29 is 14.6 Å². The second kappa shape index (κ2) is 8.42. The van der Waals surface area contributed by atoms with Gasteiger partial charge < -0.3 is 19.9 Å². The molecule has 1 aromatic rings. The largest absolute Gasteiger partial charge is 0.473 e. The van der Waals surface area contributed by atoms with E-state index in [1.54, 1.807) is 6.20 Å². The van der Waals surface area contributed by atoms with Crippen LogP contribution >= 0.6 is 11.7 Å².